The van der Waals surface area contributed by atoms with Gasteiger partial charge in [-0.05, 0) is 26.7 Å². The summed E-state index contributed by atoms with van der Waals surface area (Å²) >= 11 is 0. The van der Waals surface area contributed by atoms with Gasteiger partial charge in [-0.2, -0.15) is 0 Å². The van der Waals surface area contributed by atoms with E-state index in [1.807, 2.05) is 13.8 Å². The lowest BCUT2D eigenvalue weighted by Crippen LogP contribution is -2.02. The summed E-state index contributed by atoms with van der Waals surface area (Å²) in [6, 6.07) is 0. The zero-order valence-corrected chi connectivity index (χ0v) is 12.4. The molecule has 0 radical (unpaired) electrons. The Morgan fingerprint density at radius 3 is 2.11 bits per heavy atom. The predicted octanol–water partition coefficient (Wildman–Crippen LogP) is 3.40. The number of hydrogen-bond acceptors (Lipinski definition) is 4. The summed E-state index contributed by atoms with van der Waals surface area (Å²) < 4.78 is 9.62. The van der Waals surface area contributed by atoms with Gasteiger partial charge in [-0.3, -0.25) is 4.79 Å². The average molecular weight is 270 g/mol. The average Bonchev–Trinajstić information content (AvgIpc) is 2.35. The molecule has 4 heteroatoms. The van der Waals surface area contributed by atoms with Gasteiger partial charge in [-0.1, -0.05) is 31.3 Å². The lowest BCUT2D eigenvalue weighted by Gasteiger charge is -2.03. The molecular formula is C15H26O4. The van der Waals surface area contributed by atoms with Crippen LogP contribution in [0.5, 0.6) is 0 Å². The van der Waals surface area contributed by atoms with E-state index in [9.17, 15) is 9.59 Å². The number of allylic oxidation sites excluding steroid dienone is 1. The minimum atomic E-state index is -0.252. The molecule has 0 heterocycles. The molecule has 0 aromatic heterocycles. The summed E-state index contributed by atoms with van der Waals surface area (Å²) in [5.74, 6) is -0.385. The van der Waals surface area contributed by atoms with E-state index in [0.29, 0.717) is 13.0 Å². The van der Waals surface area contributed by atoms with Crippen LogP contribution in [0.2, 0.25) is 0 Å². The Bertz CT molecular complexity index is 291. The fraction of sp³-hybridized carbons (Fsp3) is 0.733. The third kappa shape index (κ3) is 12.9. The molecule has 0 spiro atoms. The molecule has 0 unspecified atom stereocenters. The number of methoxy groups -OCH3 is 1. The third-order valence-corrected chi connectivity index (χ3v) is 2.65. The van der Waals surface area contributed by atoms with Crippen LogP contribution in [0.4, 0.5) is 0 Å². The Labute approximate surface area is 116 Å². The highest BCUT2D eigenvalue weighted by Crippen LogP contribution is 2.07. The summed E-state index contributed by atoms with van der Waals surface area (Å²) in [5.41, 5.74) is 0.954. The molecule has 0 amide bonds. The van der Waals surface area contributed by atoms with Gasteiger partial charge in [0.1, 0.15) is 0 Å². The van der Waals surface area contributed by atoms with Crippen LogP contribution in [0, 0.1) is 0 Å². The van der Waals surface area contributed by atoms with Gasteiger partial charge in [-0.25, -0.2) is 4.79 Å². The first-order valence-electron chi connectivity index (χ1n) is 6.94. The van der Waals surface area contributed by atoms with Crippen molar-refractivity contribution in [1.29, 1.82) is 0 Å². The minimum absolute atomic E-state index is 0.133. The first-order chi connectivity index (χ1) is 9.06. The molecule has 0 N–H and O–H groups in total. The molecule has 0 aliphatic heterocycles. The second-order valence-electron chi connectivity index (χ2n) is 4.84. The van der Waals surface area contributed by atoms with E-state index in [1.54, 1.807) is 0 Å². The number of unbranched alkanes of at least 4 members (excludes halogenated alkanes) is 5. The van der Waals surface area contributed by atoms with Crippen LogP contribution in [0.15, 0.2) is 11.6 Å². The van der Waals surface area contributed by atoms with Crippen LogP contribution in [-0.4, -0.2) is 25.7 Å². The number of carbonyl (C=O) groups is 2. The molecule has 110 valence electrons. The van der Waals surface area contributed by atoms with Crippen molar-refractivity contribution in [3.05, 3.63) is 11.6 Å². The highest BCUT2D eigenvalue weighted by molar-refractivity contribution is 5.82. The first-order valence-corrected chi connectivity index (χ1v) is 6.94. The molecule has 0 aromatic carbocycles. The lowest BCUT2D eigenvalue weighted by atomic mass is 10.1. The fourth-order valence-electron chi connectivity index (χ4n) is 1.63. The van der Waals surface area contributed by atoms with Gasteiger partial charge in [0.05, 0.1) is 13.7 Å². The van der Waals surface area contributed by atoms with Crippen LogP contribution in [0.3, 0.4) is 0 Å². The molecule has 0 aliphatic rings. The van der Waals surface area contributed by atoms with Gasteiger partial charge in [0.2, 0.25) is 0 Å². The smallest absolute Gasteiger partial charge is 0.330 e. The van der Waals surface area contributed by atoms with Gasteiger partial charge >= 0.3 is 11.9 Å². The molecule has 0 saturated heterocycles. The standard InChI is InChI=1S/C15H26O4/c1-13(2)12-15(17)19-11-9-7-5-4-6-8-10-14(16)18-3/h12H,4-11H2,1-3H3. The minimum Gasteiger partial charge on any atom is -0.469 e. The number of esters is 2. The highest BCUT2D eigenvalue weighted by Gasteiger charge is 2.00. The monoisotopic (exact) mass is 270 g/mol. The molecule has 4 nitrogen and oxygen atoms in total. The second-order valence-corrected chi connectivity index (χ2v) is 4.84. The topological polar surface area (TPSA) is 52.6 Å². The third-order valence-electron chi connectivity index (χ3n) is 2.65. The van der Waals surface area contributed by atoms with E-state index in [4.69, 9.17) is 4.74 Å². The number of hydrogen-bond donors (Lipinski definition) is 0. The van der Waals surface area contributed by atoms with Crippen molar-refractivity contribution in [3.63, 3.8) is 0 Å². The van der Waals surface area contributed by atoms with Crippen molar-refractivity contribution < 1.29 is 19.1 Å². The van der Waals surface area contributed by atoms with Gasteiger partial charge in [0.25, 0.3) is 0 Å². The predicted molar refractivity (Wildman–Crippen MR) is 74.7 cm³/mol. The van der Waals surface area contributed by atoms with Gasteiger partial charge < -0.3 is 9.47 Å². The fourth-order valence-corrected chi connectivity index (χ4v) is 1.63. The number of carbonyl (C=O) groups excluding carboxylic acids is 2. The number of rotatable bonds is 10. The summed E-state index contributed by atoms with van der Waals surface area (Å²) in [5, 5.41) is 0. The molecule has 0 atom stereocenters. The van der Waals surface area contributed by atoms with E-state index >= 15 is 0 Å². The maximum atomic E-state index is 11.2. The van der Waals surface area contributed by atoms with Crippen LogP contribution in [0.1, 0.15) is 58.8 Å². The molecule has 19 heavy (non-hydrogen) atoms. The highest BCUT2D eigenvalue weighted by atomic mass is 16.5. The molecule has 0 saturated carbocycles. The molecule has 0 bridgehead atoms. The lowest BCUT2D eigenvalue weighted by molar-refractivity contribution is -0.141. The van der Waals surface area contributed by atoms with E-state index in [-0.39, 0.29) is 11.9 Å². The van der Waals surface area contributed by atoms with Crippen molar-refractivity contribution in [2.75, 3.05) is 13.7 Å². The Balaban J connectivity index is 3.26. The normalized spacial score (nSPS) is 9.84. The van der Waals surface area contributed by atoms with Crippen LogP contribution >= 0.6 is 0 Å². The van der Waals surface area contributed by atoms with Crippen LogP contribution in [-0.2, 0) is 19.1 Å². The van der Waals surface area contributed by atoms with E-state index < -0.39 is 0 Å². The van der Waals surface area contributed by atoms with Crippen LogP contribution in [0.25, 0.3) is 0 Å². The Morgan fingerprint density at radius 1 is 0.947 bits per heavy atom. The molecule has 0 aromatic rings. The van der Waals surface area contributed by atoms with Gasteiger partial charge in [0.15, 0.2) is 0 Å². The maximum absolute atomic E-state index is 11.2. The van der Waals surface area contributed by atoms with Gasteiger partial charge in [0, 0.05) is 12.5 Å². The zero-order valence-electron chi connectivity index (χ0n) is 12.4. The Morgan fingerprint density at radius 2 is 1.53 bits per heavy atom. The van der Waals surface area contributed by atoms with Crippen molar-refractivity contribution in [2.24, 2.45) is 0 Å². The van der Waals surface area contributed by atoms with Crippen molar-refractivity contribution in [1.82, 2.24) is 0 Å². The summed E-state index contributed by atoms with van der Waals surface area (Å²) in [7, 11) is 1.42. The number of ether oxygens (including phenoxy) is 2. The quantitative estimate of drug-likeness (QED) is 0.347. The van der Waals surface area contributed by atoms with Gasteiger partial charge in [-0.15, -0.1) is 0 Å². The summed E-state index contributed by atoms with van der Waals surface area (Å²) in [6.45, 7) is 4.23. The van der Waals surface area contributed by atoms with Crippen molar-refractivity contribution >= 4 is 11.9 Å². The van der Waals surface area contributed by atoms with E-state index in [2.05, 4.69) is 4.74 Å². The second kappa shape index (κ2) is 11.8. The SMILES string of the molecule is COC(=O)CCCCCCCCOC(=O)C=C(C)C. The first kappa shape index (κ1) is 17.7. The van der Waals surface area contributed by atoms with E-state index in [0.717, 1.165) is 44.1 Å². The summed E-state index contributed by atoms with van der Waals surface area (Å²) in [6.07, 6.45) is 8.14. The van der Waals surface area contributed by atoms with E-state index in [1.165, 1.54) is 13.2 Å². The molecule has 0 fully saturated rings. The zero-order chi connectivity index (χ0) is 14.5. The Hall–Kier alpha value is -1.32. The Kier molecular flexibility index (Phi) is 10.9. The van der Waals surface area contributed by atoms with Crippen molar-refractivity contribution in [2.45, 2.75) is 58.8 Å². The largest absolute Gasteiger partial charge is 0.469 e. The van der Waals surface area contributed by atoms with Crippen molar-refractivity contribution in [3.8, 4) is 0 Å². The van der Waals surface area contributed by atoms with Crippen LogP contribution < -0.4 is 0 Å². The molecule has 0 rings (SSSR count). The maximum Gasteiger partial charge on any atom is 0.330 e. The molecule has 0 aliphatic carbocycles. The molecular weight excluding hydrogens is 244 g/mol. The summed E-state index contributed by atoms with van der Waals surface area (Å²) in [4.78, 5) is 22.0.